The molecule has 1 heterocycles. The topological polar surface area (TPSA) is 48.1 Å². The summed E-state index contributed by atoms with van der Waals surface area (Å²) in [7, 11) is 2.06. The molecule has 1 aromatic carbocycles. The molecule has 0 unspecified atom stereocenters. The van der Waals surface area contributed by atoms with Gasteiger partial charge < -0.3 is 15.5 Å². The van der Waals surface area contributed by atoms with Crippen molar-refractivity contribution < 1.29 is 0 Å². The molecule has 140 valence electrons. The molecule has 3 rings (SSSR count). The third-order valence-electron chi connectivity index (χ3n) is 5.11. The molecule has 1 saturated carbocycles. The molecule has 1 saturated heterocycles. The lowest BCUT2D eigenvalue weighted by Crippen LogP contribution is -2.46. The van der Waals surface area contributed by atoms with Crippen LogP contribution < -0.4 is 10.6 Å². The van der Waals surface area contributed by atoms with E-state index in [0.29, 0.717) is 12.0 Å². The summed E-state index contributed by atoms with van der Waals surface area (Å²) in [6, 6.07) is 11.4. The van der Waals surface area contributed by atoms with Crippen molar-refractivity contribution in [3.05, 3.63) is 30.3 Å². The van der Waals surface area contributed by atoms with Crippen molar-refractivity contribution >= 4 is 35.6 Å². The van der Waals surface area contributed by atoms with E-state index < -0.39 is 0 Å². The van der Waals surface area contributed by atoms with E-state index in [9.17, 15) is 0 Å². The van der Waals surface area contributed by atoms with Crippen LogP contribution in [0, 0.1) is 0 Å². The highest BCUT2D eigenvalue weighted by molar-refractivity contribution is 14.0. The van der Waals surface area contributed by atoms with Gasteiger partial charge in [0.05, 0.1) is 0 Å². The summed E-state index contributed by atoms with van der Waals surface area (Å²) in [5.41, 5.74) is 7.36. The largest absolute Gasteiger partial charge is 0.370 e. The van der Waals surface area contributed by atoms with Gasteiger partial charge in [0.1, 0.15) is 0 Å². The molecule has 1 aliphatic heterocycles. The second-order valence-corrected chi connectivity index (χ2v) is 6.95. The summed E-state index contributed by atoms with van der Waals surface area (Å²) in [4.78, 5) is 11.7. The number of anilines is 1. The molecule has 0 amide bonds. The Kier molecular flexibility index (Phi) is 8.29. The number of nitrogens with zero attached hydrogens (tertiary/aromatic N) is 4. The Morgan fingerprint density at radius 2 is 1.80 bits per heavy atom. The van der Waals surface area contributed by atoms with Gasteiger partial charge in [0.25, 0.3) is 0 Å². The first-order valence-electron chi connectivity index (χ1n) is 9.29. The van der Waals surface area contributed by atoms with Gasteiger partial charge in [-0.25, -0.2) is 0 Å². The number of para-hydroxylation sites is 1. The van der Waals surface area contributed by atoms with E-state index in [-0.39, 0.29) is 24.0 Å². The van der Waals surface area contributed by atoms with Gasteiger partial charge in [0.15, 0.2) is 5.96 Å². The van der Waals surface area contributed by atoms with Crippen LogP contribution in [0.4, 0.5) is 5.69 Å². The zero-order chi connectivity index (χ0) is 16.8. The van der Waals surface area contributed by atoms with Gasteiger partial charge in [-0.3, -0.25) is 9.89 Å². The van der Waals surface area contributed by atoms with Crippen molar-refractivity contribution in [3.8, 4) is 0 Å². The molecule has 0 spiro atoms. The van der Waals surface area contributed by atoms with E-state index in [1.165, 1.54) is 31.5 Å². The highest BCUT2D eigenvalue weighted by Gasteiger charge is 2.27. The second-order valence-electron chi connectivity index (χ2n) is 6.95. The van der Waals surface area contributed by atoms with Crippen LogP contribution in [0.1, 0.15) is 25.7 Å². The summed E-state index contributed by atoms with van der Waals surface area (Å²) in [5, 5.41) is 0. The Morgan fingerprint density at radius 3 is 2.44 bits per heavy atom. The summed E-state index contributed by atoms with van der Waals surface area (Å²) in [6.45, 7) is 6.60. The lowest BCUT2D eigenvalue weighted by atomic mass is 10.2. The quantitative estimate of drug-likeness (QED) is 0.296. The van der Waals surface area contributed by atoms with Crippen molar-refractivity contribution in [1.29, 1.82) is 0 Å². The summed E-state index contributed by atoms with van der Waals surface area (Å²) < 4.78 is 0. The standard InChI is InChI=1S/C19H31N5.HI/c1-22(17-9-10-17)19(20)21-11-5-6-12-23-13-15-24(16-14-23)18-7-3-2-4-8-18;/h2-4,7-8,17H,5-6,9-16H2,1H3,(H2,20,21);1H. The van der Waals surface area contributed by atoms with Gasteiger partial charge in [-0.1, -0.05) is 18.2 Å². The van der Waals surface area contributed by atoms with Crippen LogP contribution in [-0.2, 0) is 0 Å². The van der Waals surface area contributed by atoms with Gasteiger partial charge in [0, 0.05) is 51.5 Å². The van der Waals surface area contributed by atoms with Gasteiger partial charge >= 0.3 is 0 Å². The SMILES string of the molecule is CN(C(N)=NCCCCN1CCN(c2ccccc2)CC1)C1CC1.I. The van der Waals surface area contributed by atoms with Crippen molar-refractivity contribution in [1.82, 2.24) is 9.80 Å². The fourth-order valence-electron chi connectivity index (χ4n) is 3.27. The molecule has 2 N–H and O–H groups in total. The van der Waals surface area contributed by atoms with E-state index in [1.54, 1.807) is 0 Å². The van der Waals surface area contributed by atoms with Gasteiger partial charge in [-0.05, 0) is 44.4 Å². The van der Waals surface area contributed by atoms with Crippen LogP contribution in [0.2, 0.25) is 0 Å². The van der Waals surface area contributed by atoms with Crippen molar-refractivity contribution in [2.75, 3.05) is 51.2 Å². The van der Waals surface area contributed by atoms with Crippen molar-refractivity contribution in [2.24, 2.45) is 10.7 Å². The zero-order valence-electron chi connectivity index (χ0n) is 15.3. The minimum atomic E-state index is 0. The van der Waals surface area contributed by atoms with Crippen LogP contribution in [0.5, 0.6) is 0 Å². The molecule has 0 aromatic heterocycles. The minimum Gasteiger partial charge on any atom is -0.370 e. The third kappa shape index (κ3) is 6.33. The molecule has 0 atom stereocenters. The molecule has 2 fully saturated rings. The highest BCUT2D eigenvalue weighted by atomic mass is 127. The van der Waals surface area contributed by atoms with Gasteiger partial charge in [-0.15, -0.1) is 24.0 Å². The van der Waals surface area contributed by atoms with E-state index in [2.05, 4.69) is 57.1 Å². The predicted octanol–water partition coefficient (Wildman–Crippen LogP) is 2.62. The molecule has 1 aromatic rings. The first-order chi connectivity index (χ1) is 11.7. The Bertz CT molecular complexity index is 524. The lowest BCUT2D eigenvalue weighted by molar-refractivity contribution is 0.253. The van der Waals surface area contributed by atoms with E-state index >= 15 is 0 Å². The number of unbranched alkanes of at least 4 members (excludes halogenated alkanes) is 1. The molecule has 0 bridgehead atoms. The monoisotopic (exact) mass is 457 g/mol. The number of guanidine groups is 1. The number of benzene rings is 1. The molecule has 5 nitrogen and oxygen atoms in total. The Morgan fingerprint density at radius 1 is 1.12 bits per heavy atom. The fourth-order valence-corrected chi connectivity index (χ4v) is 3.27. The average molecular weight is 457 g/mol. The maximum absolute atomic E-state index is 6.01. The number of aliphatic imine (C=N–C) groups is 1. The van der Waals surface area contributed by atoms with E-state index in [1.807, 2.05) is 0 Å². The molecular weight excluding hydrogens is 425 g/mol. The lowest BCUT2D eigenvalue weighted by Gasteiger charge is -2.36. The van der Waals surface area contributed by atoms with Crippen LogP contribution in [0.25, 0.3) is 0 Å². The average Bonchev–Trinajstić information content (AvgIpc) is 3.47. The summed E-state index contributed by atoms with van der Waals surface area (Å²) >= 11 is 0. The maximum Gasteiger partial charge on any atom is 0.191 e. The number of halogens is 1. The second kappa shape index (κ2) is 10.2. The van der Waals surface area contributed by atoms with Crippen molar-refractivity contribution in [3.63, 3.8) is 0 Å². The van der Waals surface area contributed by atoms with Crippen molar-refractivity contribution in [2.45, 2.75) is 31.7 Å². The van der Waals surface area contributed by atoms with Crippen LogP contribution in [0.3, 0.4) is 0 Å². The van der Waals surface area contributed by atoms with Gasteiger partial charge in [-0.2, -0.15) is 0 Å². The zero-order valence-corrected chi connectivity index (χ0v) is 17.6. The number of nitrogens with two attached hydrogens (primary N) is 1. The summed E-state index contributed by atoms with van der Waals surface area (Å²) in [6.07, 6.45) is 4.86. The van der Waals surface area contributed by atoms with E-state index in [0.717, 1.165) is 39.1 Å². The van der Waals surface area contributed by atoms with Crippen LogP contribution in [0.15, 0.2) is 35.3 Å². The maximum atomic E-state index is 6.01. The normalized spacial score (nSPS) is 18.8. The molecule has 25 heavy (non-hydrogen) atoms. The van der Waals surface area contributed by atoms with E-state index in [4.69, 9.17) is 5.73 Å². The predicted molar refractivity (Wildman–Crippen MR) is 117 cm³/mol. The minimum absolute atomic E-state index is 0. The Hall–Kier alpha value is -1.02. The molecule has 1 aliphatic carbocycles. The Balaban J connectivity index is 0.00000225. The fraction of sp³-hybridized carbons (Fsp3) is 0.632. The molecular formula is C19H32IN5. The summed E-state index contributed by atoms with van der Waals surface area (Å²) in [5.74, 6) is 0.717. The number of hydrogen-bond acceptors (Lipinski definition) is 3. The first-order valence-corrected chi connectivity index (χ1v) is 9.29. The smallest absolute Gasteiger partial charge is 0.191 e. The first kappa shape index (κ1) is 20.3. The van der Waals surface area contributed by atoms with Gasteiger partial charge in [0.2, 0.25) is 0 Å². The number of rotatable bonds is 7. The molecule has 2 aliphatic rings. The van der Waals surface area contributed by atoms with Crippen LogP contribution in [-0.4, -0.2) is 68.1 Å². The van der Waals surface area contributed by atoms with Crippen LogP contribution >= 0.6 is 24.0 Å². The number of hydrogen-bond donors (Lipinski definition) is 1. The highest BCUT2D eigenvalue weighted by Crippen LogP contribution is 2.24. The Labute approximate surface area is 169 Å². The molecule has 0 radical (unpaired) electrons. The number of piperazine rings is 1. The molecule has 6 heteroatoms. The third-order valence-corrected chi connectivity index (χ3v) is 5.11.